The summed E-state index contributed by atoms with van der Waals surface area (Å²) in [7, 11) is -3.06. The first-order chi connectivity index (χ1) is 8.50. The van der Waals surface area contributed by atoms with Gasteiger partial charge in [-0.05, 0) is 25.2 Å². The van der Waals surface area contributed by atoms with Gasteiger partial charge in [0.05, 0.1) is 5.75 Å². The minimum Gasteiger partial charge on any atom is -0.313 e. The van der Waals surface area contributed by atoms with Crippen molar-refractivity contribution >= 4 is 10.0 Å². The van der Waals surface area contributed by atoms with E-state index in [1.165, 1.54) is 19.3 Å². The number of fused-ring (bicyclic) bond motifs is 1. The van der Waals surface area contributed by atoms with E-state index in [1.54, 1.807) is 4.31 Å². The van der Waals surface area contributed by atoms with Gasteiger partial charge in [-0.3, -0.25) is 0 Å². The van der Waals surface area contributed by atoms with Crippen LogP contribution < -0.4 is 5.32 Å². The Morgan fingerprint density at radius 1 is 1.22 bits per heavy atom. The summed E-state index contributed by atoms with van der Waals surface area (Å²) in [5, 5.41) is 3.19. The summed E-state index contributed by atoms with van der Waals surface area (Å²) in [6, 6.07) is 0.656. The molecule has 1 aliphatic carbocycles. The van der Waals surface area contributed by atoms with Gasteiger partial charge in [0, 0.05) is 25.2 Å². The highest BCUT2D eigenvalue weighted by molar-refractivity contribution is 7.89. The lowest BCUT2D eigenvalue weighted by molar-refractivity contribution is 0.260. The fourth-order valence-corrected chi connectivity index (χ4v) is 4.99. The first-order valence-corrected chi connectivity index (χ1v) is 8.84. The number of hydrogen-bond acceptors (Lipinski definition) is 3. The molecule has 0 radical (unpaired) electrons. The summed E-state index contributed by atoms with van der Waals surface area (Å²) in [6.45, 7) is 5.40. The maximum atomic E-state index is 12.4. The van der Waals surface area contributed by atoms with E-state index in [0.29, 0.717) is 24.5 Å². The fourth-order valence-electron chi connectivity index (χ4n) is 3.30. The monoisotopic (exact) mass is 274 g/mol. The van der Waals surface area contributed by atoms with Crippen LogP contribution in [0.3, 0.4) is 0 Å². The summed E-state index contributed by atoms with van der Waals surface area (Å²) in [5.41, 5.74) is 0. The maximum absolute atomic E-state index is 12.4. The number of rotatable bonds is 5. The molecule has 0 aromatic heterocycles. The zero-order valence-corrected chi connectivity index (χ0v) is 12.4. The van der Waals surface area contributed by atoms with Crippen LogP contribution in [-0.2, 0) is 10.0 Å². The Labute approximate surface area is 111 Å². The molecule has 0 aromatic carbocycles. The van der Waals surface area contributed by atoms with E-state index in [1.807, 2.05) is 13.8 Å². The van der Waals surface area contributed by atoms with Crippen LogP contribution in [0.15, 0.2) is 0 Å². The molecule has 5 heteroatoms. The van der Waals surface area contributed by atoms with Crippen molar-refractivity contribution in [2.75, 3.05) is 18.8 Å². The van der Waals surface area contributed by atoms with Crippen LogP contribution in [0, 0.1) is 5.92 Å². The third-order valence-electron chi connectivity index (χ3n) is 4.23. The smallest absolute Gasteiger partial charge is 0.215 e. The van der Waals surface area contributed by atoms with Crippen LogP contribution >= 0.6 is 0 Å². The Morgan fingerprint density at radius 3 is 2.67 bits per heavy atom. The predicted octanol–water partition coefficient (Wildman–Crippen LogP) is 1.58. The molecule has 4 nitrogen and oxygen atoms in total. The van der Waals surface area contributed by atoms with Crippen LogP contribution in [0.5, 0.6) is 0 Å². The number of sulfonamides is 1. The van der Waals surface area contributed by atoms with Gasteiger partial charge in [-0.1, -0.05) is 26.7 Å². The largest absolute Gasteiger partial charge is 0.313 e. The normalized spacial score (nSPS) is 29.7. The van der Waals surface area contributed by atoms with Gasteiger partial charge < -0.3 is 5.32 Å². The molecule has 2 atom stereocenters. The van der Waals surface area contributed by atoms with Crippen molar-refractivity contribution in [2.45, 2.75) is 58.0 Å². The van der Waals surface area contributed by atoms with Crippen molar-refractivity contribution in [1.29, 1.82) is 0 Å². The lowest BCUT2D eigenvalue weighted by Crippen LogP contribution is -2.42. The molecule has 2 aliphatic rings. The zero-order chi connectivity index (χ0) is 13.2. The second-order valence-electron chi connectivity index (χ2n) is 5.94. The molecule has 1 saturated carbocycles. The molecule has 2 unspecified atom stereocenters. The number of nitrogens with zero attached hydrogens (tertiary/aromatic N) is 1. The van der Waals surface area contributed by atoms with E-state index < -0.39 is 10.0 Å². The molecule has 1 heterocycles. The second-order valence-corrected chi connectivity index (χ2v) is 7.98. The van der Waals surface area contributed by atoms with Crippen molar-refractivity contribution in [2.24, 2.45) is 5.92 Å². The molecule has 1 N–H and O–H groups in total. The van der Waals surface area contributed by atoms with Crippen LogP contribution in [0.25, 0.3) is 0 Å². The van der Waals surface area contributed by atoms with Gasteiger partial charge in [-0.25, -0.2) is 8.42 Å². The summed E-state index contributed by atoms with van der Waals surface area (Å²) in [5.74, 6) is 0.876. The summed E-state index contributed by atoms with van der Waals surface area (Å²) < 4.78 is 26.5. The van der Waals surface area contributed by atoms with Crippen LogP contribution in [-0.4, -0.2) is 43.6 Å². The highest BCUT2D eigenvalue weighted by atomic mass is 32.2. The Balaban J connectivity index is 1.93. The molecule has 1 saturated heterocycles. The lowest BCUT2D eigenvalue weighted by Gasteiger charge is -2.31. The molecular weight excluding hydrogens is 248 g/mol. The number of hydrogen-bond donors (Lipinski definition) is 1. The molecule has 106 valence electrons. The molecular formula is C13H26N2O2S. The third-order valence-corrected chi connectivity index (χ3v) is 6.12. The average Bonchev–Trinajstić information content (AvgIpc) is 2.72. The summed E-state index contributed by atoms with van der Waals surface area (Å²) >= 11 is 0. The zero-order valence-electron chi connectivity index (χ0n) is 11.6. The molecule has 2 rings (SSSR count). The van der Waals surface area contributed by atoms with Gasteiger partial charge >= 0.3 is 0 Å². The van der Waals surface area contributed by atoms with Gasteiger partial charge in [0.1, 0.15) is 0 Å². The van der Waals surface area contributed by atoms with Crippen LogP contribution in [0.2, 0.25) is 0 Å². The first-order valence-electron chi connectivity index (χ1n) is 7.23. The molecule has 0 spiro atoms. The van der Waals surface area contributed by atoms with Gasteiger partial charge in [0.2, 0.25) is 10.0 Å². The van der Waals surface area contributed by atoms with Crippen molar-refractivity contribution in [3.05, 3.63) is 0 Å². The third kappa shape index (κ3) is 3.25. The minimum atomic E-state index is -3.06. The lowest BCUT2D eigenvalue weighted by atomic mass is 9.86. The Hall–Kier alpha value is -0.130. The summed E-state index contributed by atoms with van der Waals surface area (Å²) in [6.07, 6.45) is 5.84. The van der Waals surface area contributed by atoms with E-state index in [9.17, 15) is 8.42 Å². The van der Waals surface area contributed by atoms with E-state index in [0.717, 1.165) is 19.4 Å². The van der Waals surface area contributed by atoms with Gasteiger partial charge in [0.15, 0.2) is 0 Å². The molecule has 1 aliphatic heterocycles. The van der Waals surface area contributed by atoms with Crippen molar-refractivity contribution in [1.82, 2.24) is 9.62 Å². The Morgan fingerprint density at radius 2 is 1.94 bits per heavy atom. The minimum absolute atomic E-state index is 0.244. The topological polar surface area (TPSA) is 49.4 Å². The molecule has 18 heavy (non-hydrogen) atoms. The predicted molar refractivity (Wildman–Crippen MR) is 74.0 cm³/mol. The number of nitrogens with one attached hydrogen (secondary N) is 1. The Bertz CT molecular complexity index is 367. The van der Waals surface area contributed by atoms with Crippen LogP contribution in [0.1, 0.15) is 46.0 Å². The van der Waals surface area contributed by atoms with E-state index in [2.05, 4.69) is 5.32 Å². The van der Waals surface area contributed by atoms with Crippen molar-refractivity contribution in [3.63, 3.8) is 0 Å². The first kappa shape index (κ1) is 14.3. The quantitative estimate of drug-likeness (QED) is 0.828. The van der Waals surface area contributed by atoms with Gasteiger partial charge in [0.25, 0.3) is 0 Å². The molecule has 0 aromatic rings. The highest BCUT2D eigenvalue weighted by Crippen LogP contribution is 2.37. The average molecular weight is 274 g/mol. The van der Waals surface area contributed by atoms with Crippen molar-refractivity contribution < 1.29 is 8.42 Å². The van der Waals surface area contributed by atoms with Crippen molar-refractivity contribution in [3.8, 4) is 0 Å². The SMILES string of the molecule is CC(C)NCCS(=O)(=O)N1CCC2CCCCC21. The van der Waals surface area contributed by atoms with Gasteiger partial charge in [-0.2, -0.15) is 4.31 Å². The molecule has 0 amide bonds. The van der Waals surface area contributed by atoms with E-state index >= 15 is 0 Å². The van der Waals surface area contributed by atoms with E-state index in [4.69, 9.17) is 0 Å². The fraction of sp³-hybridized carbons (Fsp3) is 1.00. The van der Waals surface area contributed by atoms with Gasteiger partial charge in [-0.15, -0.1) is 0 Å². The van der Waals surface area contributed by atoms with Crippen LogP contribution in [0.4, 0.5) is 0 Å². The maximum Gasteiger partial charge on any atom is 0.215 e. The highest BCUT2D eigenvalue weighted by Gasteiger charge is 2.41. The summed E-state index contributed by atoms with van der Waals surface area (Å²) in [4.78, 5) is 0. The Kier molecular flexibility index (Phi) is 4.67. The van der Waals surface area contributed by atoms with E-state index in [-0.39, 0.29) is 5.75 Å². The standard InChI is InChI=1S/C13H26N2O2S/c1-11(2)14-8-10-18(16,17)15-9-7-12-5-3-4-6-13(12)15/h11-14H,3-10H2,1-2H3. The second kappa shape index (κ2) is 5.88. The molecule has 0 bridgehead atoms. The molecule has 2 fully saturated rings.